The van der Waals surface area contributed by atoms with Crippen LogP contribution in [0.3, 0.4) is 0 Å². The summed E-state index contributed by atoms with van der Waals surface area (Å²) < 4.78 is 37.3. The second-order valence-electron chi connectivity index (χ2n) is 6.44. The number of H-pyrrole nitrogens is 1. The Balaban J connectivity index is 1.48. The third kappa shape index (κ3) is 4.23. The molecular formula is C15H20F3N5O2. The molecule has 2 aliphatic rings. The number of halogens is 3. The third-order valence-corrected chi connectivity index (χ3v) is 4.71. The Kier molecular flexibility index (Phi) is 4.87. The predicted molar refractivity (Wildman–Crippen MR) is 81.7 cm³/mol. The average molecular weight is 359 g/mol. The first-order valence-electron chi connectivity index (χ1n) is 8.24. The van der Waals surface area contributed by atoms with Crippen molar-refractivity contribution in [3.8, 4) is 0 Å². The first kappa shape index (κ1) is 17.6. The van der Waals surface area contributed by atoms with Gasteiger partial charge < -0.3 is 15.1 Å². The quantitative estimate of drug-likeness (QED) is 0.857. The van der Waals surface area contributed by atoms with Crippen LogP contribution in [0.15, 0.2) is 12.3 Å². The molecule has 1 unspecified atom stereocenters. The molecule has 3 heterocycles. The van der Waals surface area contributed by atoms with Gasteiger partial charge in [0.05, 0.1) is 0 Å². The summed E-state index contributed by atoms with van der Waals surface area (Å²) in [7, 11) is 0. The van der Waals surface area contributed by atoms with Gasteiger partial charge in [0.15, 0.2) is 0 Å². The van der Waals surface area contributed by atoms with Gasteiger partial charge in [0.1, 0.15) is 12.6 Å². The number of hydrogen-bond donors (Lipinski definition) is 2. The normalized spacial score (nSPS) is 22.5. The van der Waals surface area contributed by atoms with Crippen LogP contribution in [-0.4, -0.2) is 70.3 Å². The number of nitrogens with zero attached hydrogens (tertiary/aromatic N) is 3. The molecule has 138 valence electrons. The molecule has 1 aromatic rings. The molecular weight excluding hydrogens is 339 g/mol. The molecule has 2 saturated heterocycles. The lowest BCUT2D eigenvalue weighted by Gasteiger charge is -2.32. The van der Waals surface area contributed by atoms with Crippen LogP contribution in [0.25, 0.3) is 0 Å². The first-order valence-corrected chi connectivity index (χ1v) is 8.24. The van der Waals surface area contributed by atoms with Gasteiger partial charge in [-0.25, -0.2) is 4.79 Å². The van der Waals surface area contributed by atoms with Gasteiger partial charge in [0, 0.05) is 37.4 Å². The van der Waals surface area contributed by atoms with Crippen molar-refractivity contribution >= 4 is 11.9 Å². The molecule has 7 nitrogen and oxygen atoms in total. The Bertz CT molecular complexity index is 611. The van der Waals surface area contributed by atoms with Gasteiger partial charge in [-0.15, -0.1) is 0 Å². The molecule has 0 saturated carbocycles. The number of rotatable bonds is 3. The van der Waals surface area contributed by atoms with Crippen molar-refractivity contribution in [2.45, 2.75) is 37.4 Å². The van der Waals surface area contributed by atoms with E-state index in [4.69, 9.17) is 0 Å². The maximum atomic E-state index is 12.4. The lowest BCUT2D eigenvalue weighted by Crippen LogP contribution is -2.50. The zero-order valence-electron chi connectivity index (χ0n) is 13.6. The van der Waals surface area contributed by atoms with Crippen LogP contribution in [0.1, 0.15) is 30.9 Å². The van der Waals surface area contributed by atoms with Gasteiger partial charge in [0.25, 0.3) is 0 Å². The standard InChI is InChI=1S/C15H20F3N5O2/c16-15(17,18)9-23-8-4-12(13(23)24)20-14(25)22-6-2-10(3-7-22)11-1-5-19-21-11/h1,5,10,12H,2-4,6-9H2,(H,19,21)(H,20,25). The molecule has 1 aromatic heterocycles. The molecule has 1 atom stereocenters. The molecule has 0 aliphatic carbocycles. The number of likely N-dealkylation sites (tertiary alicyclic amines) is 2. The van der Waals surface area contributed by atoms with Gasteiger partial charge in [-0.05, 0) is 25.3 Å². The number of aromatic amines is 1. The smallest absolute Gasteiger partial charge is 0.332 e. The van der Waals surface area contributed by atoms with Gasteiger partial charge in [-0.1, -0.05) is 0 Å². The molecule has 0 bridgehead atoms. The van der Waals surface area contributed by atoms with Crippen molar-refractivity contribution < 1.29 is 22.8 Å². The zero-order valence-corrected chi connectivity index (χ0v) is 13.6. The summed E-state index contributed by atoms with van der Waals surface area (Å²) in [5.41, 5.74) is 1.04. The van der Waals surface area contributed by atoms with E-state index < -0.39 is 30.7 Å². The van der Waals surface area contributed by atoms with E-state index in [0.29, 0.717) is 19.0 Å². The highest BCUT2D eigenvalue weighted by molar-refractivity contribution is 5.88. The van der Waals surface area contributed by atoms with Crippen molar-refractivity contribution in [3.63, 3.8) is 0 Å². The summed E-state index contributed by atoms with van der Waals surface area (Å²) in [6, 6.07) is 0.641. The van der Waals surface area contributed by atoms with Crippen LogP contribution in [0.5, 0.6) is 0 Å². The van der Waals surface area contributed by atoms with E-state index in [0.717, 1.165) is 23.4 Å². The second-order valence-corrected chi connectivity index (χ2v) is 6.44. The minimum atomic E-state index is -4.43. The number of carbonyl (C=O) groups excluding carboxylic acids is 2. The number of urea groups is 1. The molecule has 0 aromatic carbocycles. The number of hydrogen-bond acceptors (Lipinski definition) is 3. The number of amides is 3. The average Bonchev–Trinajstić information content (AvgIpc) is 3.19. The zero-order chi connectivity index (χ0) is 18.0. The van der Waals surface area contributed by atoms with Crippen molar-refractivity contribution in [1.29, 1.82) is 0 Å². The maximum absolute atomic E-state index is 12.4. The molecule has 2 aliphatic heterocycles. The summed E-state index contributed by atoms with van der Waals surface area (Å²) in [6.45, 7) is -0.204. The highest BCUT2D eigenvalue weighted by Crippen LogP contribution is 2.26. The maximum Gasteiger partial charge on any atom is 0.406 e. The summed E-state index contributed by atoms with van der Waals surface area (Å²) in [5, 5.41) is 9.42. The highest BCUT2D eigenvalue weighted by atomic mass is 19.4. The monoisotopic (exact) mass is 359 g/mol. The fourth-order valence-electron chi connectivity index (χ4n) is 3.37. The fourth-order valence-corrected chi connectivity index (χ4v) is 3.37. The van der Waals surface area contributed by atoms with Crippen LogP contribution in [-0.2, 0) is 4.79 Å². The van der Waals surface area contributed by atoms with Crippen molar-refractivity contribution in [2.75, 3.05) is 26.2 Å². The van der Waals surface area contributed by atoms with Crippen molar-refractivity contribution in [2.24, 2.45) is 0 Å². The number of nitrogens with one attached hydrogen (secondary N) is 2. The third-order valence-electron chi connectivity index (χ3n) is 4.71. The molecule has 0 radical (unpaired) electrons. The molecule has 3 rings (SSSR count). The van der Waals surface area contributed by atoms with Crippen LogP contribution >= 0.6 is 0 Å². The van der Waals surface area contributed by atoms with E-state index in [1.54, 1.807) is 11.1 Å². The van der Waals surface area contributed by atoms with Gasteiger partial charge in [-0.2, -0.15) is 18.3 Å². The summed E-state index contributed by atoms with van der Waals surface area (Å²) in [5.74, 6) is -0.361. The SMILES string of the molecule is O=C(NC1CCN(CC(F)(F)F)C1=O)N1CCC(c2ccn[nH]2)CC1. The van der Waals surface area contributed by atoms with Crippen LogP contribution in [0, 0.1) is 0 Å². The van der Waals surface area contributed by atoms with E-state index in [-0.39, 0.29) is 13.0 Å². The fraction of sp³-hybridized carbons (Fsp3) is 0.667. The summed E-state index contributed by atoms with van der Waals surface area (Å²) >= 11 is 0. The van der Waals surface area contributed by atoms with Crippen molar-refractivity contribution in [1.82, 2.24) is 25.3 Å². The predicted octanol–water partition coefficient (Wildman–Crippen LogP) is 1.46. The molecule has 2 fully saturated rings. The van der Waals surface area contributed by atoms with E-state index in [1.807, 2.05) is 6.07 Å². The minimum Gasteiger partial charge on any atom is -0.332 e. The number of aromatic nitrogens is 2. The molecule has 10 heteroatoms. The number of carbonyl (C=O) groups is 2. The van der Waals surface area contributed by atoms with Crippen LogP contribution in [0.2, 0.25) is 0 Å². The minimum absolute atomic E-state index is 0.00515. The summed E-state index contributed by atoms with van der Waals surface area (Å²) in [6.07, 6.45) is -0.996. The molecule has 3 amide bonds. The highest BCUT2D eigenvalue weighted by Gasteiger charge is 2.40. The largest absolute Gasteiger partial charge is 0.406 e. The van der Waals surface area contributed by atoms with Crippen LogP contribution < -0.4 is 5.32 Å². The van der Waals surface area contributed by atoms with Crippen LogP contribution in [0.4, 0.5) is 18.0 Å². The molecule has 0 spiro atoms. The molecule has 2 N–H and O–H groups in total. The number of piperidine rings is 1. The lowest BCUT2D eigenvalue weighted by molar-refractivity contribution is -0.157. The van der Waals surface area contributed by atoms with Gasteiger partial charge in [0.2, 0.25) is 5.91 Å². The second kappa shape index (κ2) is 6.93. The van der Waals surface area contributed by atoms with Crippen molar-refractivity contribution in [3.05, 3.63) is 18.0 Å². The Labute approximate surface area is 142 Å². The number of alkyl halides is 3. The summed E-state index contributed by atoms with van der Waals surface area (Å²) in [4.78, 5) is 26.6. The Morgan fingerprint density at radius 3 is 2.60 bits per heavy atom. The molecule has 25 heavy (non-hydrogen) atoms. The van der Waals surface area contributed by atoms with Gasteiger partial charge in [-0.3, -0.25) is 9.89 Å². The Morgan fingerprint density at radius 2 is 2.00 bits per heavy atom. The Hall–Kier alpha value is -2.26. The van der Waals surface area contributed by atoms with E-state index in [9.17, 15) is 22.8 Å². The Morgan fingerprint density at radius 1 is 1.28 bits per heavy atom. The topological polar surface area (TPSA) is 81.3 Å². The first-order chi connectivity index (χ1) is 11.8. The van der Waals surface area contributed by atoms with Gasteiger partial charge >= 0.3 is 12.2 Å². The van der Waals surface area contributed by atoms with E-state index >= 15 is 0 Å². The lowest BCUT2D eigenvalue weighted by atomic mass is 9.94. The van der Waals surface area contributed by atoms with E-state index in [1.165, 1.54) is 0 Å². The van der Waals surface area contributed by atoms with E-state index in [2.05, 4.69) is 15.5 Å².